The number of hydrogen-bond acceptors (Lipinski definition) is 4. The molecule has 0 saturated carbocycles. The van der Waals surface area contributed by atoms with Crippen molar-refractivity contribution in [2.75, 3.05) is 6.54 Å². The van der Waals surface area contributed by atoms with Crippen LogP contribution in [0.1, 0.15) is 13.8 Å². The minimum absolute atomic E-state index is 0.132. The number of nitrogens with zero attached hydrogens (tertiary/aromatic N) is 3. The van der Waals surface area contributed by atoms with Crippen molar-refractivity contribution in [2.45, 2.75) is 20.4 Å². The summed E-state index contributed by atoms with van der Waals surface area (Å²) < 4.78 is 12.4. The Labute approximate surface area is 117 Å². The maximum Gasteiger partial charge on any atom is 0.115 e. The van der Waals surface area contributed by atoms with Gasteiger partial charge >= 0.3 is 0 Å². The van der Waals surface area contributed by atoms with Crippen LogP contribution in [0.2, 0.25) is 0 Å². The molecule has 0 saturated heterocycles. The molecule has 108 valence electrons. The highest BCUT2D eigenvalue weighted by atomic mass is 19.1. The molecule has 0 fully saturated rings. The second-order valence-corrected chi connectivity index (χ2v) is 3.78. The van der Waals surface area contributed by atoms with E-state index in [0.717, 1.165) is 5.56 Å². The van der Waals surface area contributed by atoms with Gasteiger partial charge in [0.1, 0.15) is 11.4 Å². The summed E-state index contributed by atoms with van der Waals surface area (Å²) in [6.07, 6.45) is 2.06. The molecule has 6 heteroatoms. The summed E-state index contributed by atoms with van der Waals surface area (Å²) in [6.45, 7) is 4.36. The van der Waals surface area contributed by atoms with Crippen LogP contribution in [0.25, 0.3) is 11.3 Å². The molecule has 0 aliphatic rings. The highest BCUT2D eigenvalue weighted by Crippen LogP contribution is 2.19. The molecule has 0 bridgehead atoms. The lowest BCUT2D eigenvalue weighted by Crippen LogP contribution is -2.12. The van der Waals surface area contributed by atoms with Crippen molar-refractivity contribution in [3.8, 4) is 17.0 Å². The van der Waals surface area contributed by atoms with Crippen LogP contribution in [-0.2, 0) is 6.54 Å². The van der Waals surface area contributed by atoms with Gasteiger partial charge in [-0.15, -0.1) is 0 Å². The second kappa shape index (κ2) is 8.06. The maximum atomic E-state index is 12.4. The molecule has 2 rings (SSSR count). The molecule has 1 aromatic heterocycles. The monoisotopic (exact) mass is 278 g/mol. The van der Waals surface area contributed by atoms with Gasteiger partial charge in [0.05, 0.1) is 19.1 Å². The SMILES string of the molecule is CC.NC/C(=C/F)Cn1ncc(-c2ccc(O)cc2)n1. The van der Waals surface area contributed by atoms with Crippen molar-refractivity contribution >= 4 is 0 Å². The Morgan fingerprint density at radius 3 is 2.55 bits per heavy atom. The summed E-state index contributed by atoms with van der Waals surface area (Å²) in [4.78, 5) is 1.38. The molecule has 1 aromatic carbocycles. The van der Waals surface area contributed by atoms with Gasteiger partial charge in [0.2, 0.25) is 0 Å². The summed E-state index contributed by atoms with van der Waals surface area (Å²) in [5, 5.41) is 17.4. The second-order valence-electron chi connectivity index (χ2n) is 3.78. The van der Waals surface area contributed by atoms with E-state index in [9.17, 15) is 9.50 Å². The fourth-order valence-electron chi connectivity index (χ4n) is 1.46. The molecule has 2 aromatic rings. The molecule has 0 radical (unpaired) electrons. The zero-order valence-electron chi connectivity index (χ0n) is 11.6. The molecule has 1 heterocycles. The number of hydrogen-bond donors (Lipinski definition) is 2. The molecule has 0 aliphatic heterocycles. The summed E-state index contributed by atoms with van der Waals surface area (Å²) in [6, 6.07) is 6.61. The molecule has 0 spiro atoms. The molecule has 20 heavy (non-hydrogen) atoms. The smallest absolute Gasteiger partial charge is 0.115 e. The van der Waals surface area contributed by atoms with E-state index in [-0.39, 0.29) is 18.8 Å². The Hall–Kier alpha value is -2.21. The molecule has 0 aliphatic carbocycles. The van der Waals surface area contributed by atoms with Crippen molar-refractivity contribution < 1.29 is 9.50 Å². The van der Waals surface area contributed by atoms with Gasteiger partial charge in [-0.25, -0.2) is 4.39 Å². The van der Waals surface area contributed by atoms with Crippen LogP contribution in [0.15, 0.2) is 42.4 Å². The Kier molecular flexibility index (Phi) is 6.39. The zero-order valence-corrected chi connectivity index (χ0v) is 11.6. The van der Waals surface area contributed by atoms with Gasteiger partial charge in [0.25, 0.3) is 0 Å². The number of rotatable bonds is 4. The molecular formula is C14H19FN4O. The quantitative estimate of drug-likeness (QED) is 0.900. The lowest BCUT2D eigenvalue weighted by Gasteiger charge is -2.01. The Balaban J connectivity index is 0.000000956. The van der Waals surface area contributed by atoms with Gasteiger partial charge in [0.15, 0.2) is 0 Å². The van der Waals surface area contributed by atoms with Crippen molar-refractivity contribution in [1.29, 1.82) is 0 Å². The average Bonchev–Trinajstić information content (AvgIpc) is 2.96. The fourth-order valence-corrected chi connectivity index (χ4v) is 1.46. The molecule has 0 atom stereocenters. The van der Waals surface area contributed by atoms with E-state index in [1.807, 2.05) is 13.8 Å². The van der Waals surface area contributed by atoms with Crippen LogP contribution in [0, 0.1) is 0 Å². The summed E-state index contributed by atoms with van der Waals surface area (Å²) in [5.74, 6) is 0.192. The van der Waals surface area contributed by atoms with E-state index >= 15 is 0 Å². The number of aromatic nitrogens is 3. The van der Waals surface area contributed by atoms with E-state index < -0.39 is 0 Å². The van der Waals surface area contributed by atoms with E-state index in [1.165, 1.54) is 4.80 Å². The van der Waals surface area contributed by atoms with Gasteiger partial charge in [-0.2, -0.15) is 15.0 Å². The first-order valence-electron chi connectivity index (χ1n) is 6.40. The number of nitrogens with two attached hydrogens (primary N) is 1. The Morgan fingerprint density at radius 2 is 2.00 bits per heavy atom. The third kappa shape index (κ3) is 4.17. The van der Waals surface area contributed by atoms with Crippen LogP contribution in [0.4, 0.5) is 4.39 Å². The maximum absolute atomic E-state index is 12.4. The number of benzene rings is 1. The first-order valence-corrected chi connectivity index (χ1v) is 6.40. The molecule has 5 nitrogen and oxygen atoms in total. The van der Waals surface area contributed by atoms with Crippen LogP contribution in [-0.4, -0.2) is 26.6 Å². The predicted octanol–water partition coefficient (Wildman–Crippen LogP) is 2.49. The lowest BCUT2D eigenvalue weighted by molar-refractivity contribution is 0.475. The number of phenols is 1. The standard InChI is InChI=1S/C12H13FN4O.C2H6/c13-5-9(6-14)8-17-15-7-12(16-17)10-1-3-11(18)4-2-10;1-2/h1-5,7,18H,6,8,14H2;1-2H3/b9-5-;. The number of aromatic hydroxyl groups is 1. The zero-order chi connectivity index (χ0) is 15.0. The number of halogens is 1. The van der Waals surface area contributed by atoms with E-state index in [0.29, 0.717) is 17.6 Å². The highest BCUT2D eigenvalue weighted by Gasteiger charge is 2.05. The molecule has 3 N–H and O–H groups in total. The number of phenolic OH excluding ortho intramolecular Hbond substituents is 1. The average molecular weight is 278 g/mol. The van der Waals surface area contributed by atoms with Crippen molar-refractivity contribution in [1.82, 2.24) is 15.0 Å². The third-order valence-electron chi connectivity index (χ3n) is 2.46. The largest absolute Gasteiger partial charge is 0.508 e. The minimum atomic E-state index is 0.132. The fraction of sp³-hybridized carbons (Fsp3) is 0.286. The van der Waals surface area contributed by atoms with Gasteiger partial charge in [0, 0.05) is 12.1 Å². The van der Waals surface area contributed by atoms with Crippen LogP contribution in [0.3, 0.4) is 0 Å². The summed E-state index contributed by atoms with van der Waals surface area (Å²) >= 11 is 0. The van der Waals surface area contributed by atoms with E-state index in [2.05, 4.69) is 10.2 Å². The topological polar surface area (TPSA) is 77.0 Å². The van der Waals surface area contributed by atoms with Crippen LogP contribution in [0.5, 0.6) is 5.75 Å². The molecule has 0 unspecified atom stereocenters. The summed E-state index contributed by atoms with van der Waals surface area (Å²) in [5.41, 5.74) is 7.27. The van der Waals surface area contributed by atoms with E-state index in [1.54, 1.807) is 30.5 Å². The van der Waals surface area contributed by atoms with Gasteiger partial charge in [-0.3, -0.25) is 0 Å². The van der Waals surface area contributed by atoms with Crippen molar-refractivity contribution in [3.63, 3.8) is 0 Å². The summed E-state index contributed by atoms with van der Waals surface area (Å²) in [7, 11) is 0. The van der Waals surface area contributed by atoms with Gasteiger partial charge in [-0.05, 0) is 29.8 Å². The predicted molar refractivity (Wildman–Crippen MR) is 76.7 cm³/mol. The van der Waals surface area contributed by atoms with Crippen LogP contribution < -0.4 is 5.73 Å². The third-order valence-corrected chi connectivity index (χ3v) is 2.46. The Bertz CT molecular complexity index is 549. The minimum Gasteiger partial charge on any atom is -0.508 e. The van der Waals surface area contributed by atoms with E-state index in [4.69, 9.17) is 5.73 Å². The highest BCUT2D eigenvalue weighted by molar-refractivity contribution is 5.58. The first kappa shape index (κ1) is 15.8. The van der Waals surface area contributed by atoms with Gasteiger partial charge < -0.3 is 10.8 Å². The van der Waals surface area contributed by atoms with Crippen molar-refractivity contribution in [3.05, 3.63) is 42.4 Å². The Morgan fingerprint density at radius 1 is 1.35 bits per heavy atom. The van der Waals surface area contributed by atoms with Crippen LogP contribution >= 0.6 is 0 Å². The molecule has 0 amide bonds. The van der Waals surface area contributed by atoms with Gasteiger partial charge in [-0.1, -0.05) is 13.8 Å². The van der Waals surface area contributed by atoms with Crippen molar-refractivity contribution in [2.24, 2.45) is 5.73 Å². The normalized spacial score (nSPS) is 10.9. The lowest BCUT2D eigenvalue weighted by atomic mass is 10.2. The molecular weight excluding hydrogens is 259 g/mol. The first-order chi connectivity index (χ1) is 9.72.